The highest BCUT2D eigenvalue weighted by Gasteiger charge is 2.15. The molecule has 3 aromatic rings. The lowest BCUT2D eigenvalue weighted by atomic mass is 10.2. The van der Waals surface area contributed by atoms with Gasteiger partial charge in [-0.3, -0.25) is 0 Å². The van der Waals surface area contributed by atoms with Crippen LogP contribution in [0.4, 0.5) is 4.39 Å². The molecule has 1 N–H and O–H groups in total. The Labute approximate surface area is 121 Å². The molecule has 0 amide bonds. The second-order valence-corrected chi connectivity index (χ2v) is 4.70. The van der Waals surface area contributed by atoms with Crippen molar-refractivity contribution in [2.75, 3.05) is 7.11 Å². The first kappa shape index (κ1) is 13.4. The predicted molar refractivity (Wildman–Crippen MR) is 79.0 cm³/mol. The number of aromatic nitrogens is 2. The molecule has 108 valence electrons. The molecule has 0 spiro atoms. The van der Waals surface area contributed by atoms with Crippen molar-refractivity contribution in [2.45, 2.75) is 13.5 Å². The molecule has 0 saturated heterocycles. The summed E-state index contributed by atoms with van der Waals surface area (Å²) in [7, 11) is 1.60. The van der Waals surface area contributed by atoms with Crippen molar-refractivity contribution in [1.29, 1.82) is 0 Å². The molecular weight excluding hydrogens is 271 g/mol. The molecule has 0 atom stereocenters. The molecule has 1 aromatic heterocycles. The lowest BCUT2D eigenvalue weighted by Gasteiger charge is -2.08. The van der Waals surface area contributed by atoms with Crippen molar-refractivity contribution in [3.05, 3.63) is 42.2 Å². The summed E-state index contributed by atoms with van der Waals surface area (Å²) < 4.78 is 20.3. The van der Waals surface area contributed by atoms with E-state index in [9.17, 15) is 9.50 Å². The lowest BCUT2D eigenvalue weighted by Crippen LogP contribution is -1.97. The van der Waals surface area contributed by atoms with Gasteiger partial charge in [-0.25, -0.2) is 9.37 Å². The molecule has 0 aliphatic rings. The number of phenolic OH excluding ortho intramolecular Hbond substituents is 1. The highest BCUT2D eigenvalue weighted by molar-refractivity contribution is 5.83. The van der Waals surface area contributed by atoms with E-state index in [1.807, 2.05) is 29.7 Å². The van der Waals surface area contributed by atoms with Gasteiger partial charge in [0.2, 0.25) is 0 Å². The molecule has 0 radical (unpaired) electrons. The van der Waals surface area contributed by atoms with Crippen molar-refractivity contribution in [3.8, 4) is 22.9 Å². The van der Waals surface area contributed by atoms with Gasteiger partial charge in [0.25, 0.3) is 0 Å². The number of benzene rings is 2. The summed E-state index contributed by atoms with van der Waals surface area (Å²) in [6.45, 7) is 2.68. The van der Waals surface area contributed by atoms with Crippen LogP contribution in [-0.4, -0.2) is 21.8 Å². The molecule has 1 heterocycles. The van der Waals surface area contributed by atoms with Crippen LogP contribution < -0.4 is 4.74 Å². The van der Waals surface area contributed by atoms with E-state index in [0.717, 1.165) is 22.8 Å². The highest BCUT2D eigenvalue weighted by atomic mass is 19.1. The third-order valence-electron chi connectivity index (χ3n) is 3.47. The van der Waals surface area contributed by atoms with Crippen LogP contribution in [0.5, 0.6) is 11.5 Å². The van der Waals surface area contributed by atoms with Crippen LogP contribution in [-0.2, 0) is 6.54 Å². The van der Waals surface area contributed by atoms with Crippen molar-refractivity contribution in [3.63, 3.8) is 0 Å². The van der Waals surface area contributed by atoms with E-state index in [-0.39, 0.29) is 5.75 Å². The van der Waals surface area contributed by atoms with Gasteiger partial charge in [0.05, 0.1) is 23.7 Å². The van der Waals surface area contributed by atoms with E-state index >= 15 is 0 Å². The fraction of sp³-hybridized carbons (Fsp3) is 0.188. The zero-order valence-corrected chi connectivity index (χ0v) is 11.8. The number of ether oxygens (including phenoxy) is 1. The number of hydrogen-bond acceptors (Lipinski definition) is 3. The van der Waals surface area contributed by atoms with Crippen LogP contribution in [0.1, 0.15) is 6.92 Å². The second kappa shape index (κ2) is 5.09. The summed E-state index contributed by atoms with van der Waals surface area (Å²) in [4.78, 5) is 4.55. The molecule has 5 heteroatoms. The quantitative estimate of drug-likeness (QED) is 0.800. The van der Waals surface area contributed by atoms with Crippen LogP contribution in [0.15, 0.2) is 36.4 Å². The Balaban J connectivity index is 2.26. The molecule has 0 bridgehead atoms. The van der Waals surface area contributed by atoms with Gasteiger partial charge in [0.15, 0.2) is 0 Å². The number of nitrogens with zero attached hydrogens (tertiary/aromatic N) is 2. The minimum atomic E-state index is -0.475. The van der Waals surface area contributed by atoms with Gasteiger partial charge in [-0.05, 0) is 31.2 Å². The second-order valence-electron chi connectivity index (χ2n) is 4.70. The summed E-state index contributed by atoms with van der Waals surface area (Å²) in [5.41, 5.74) is 2.22. The first-order chi connectivity index (χ1) is 10.1. The van der Waals surface area contributed by atoms with Gasteiger partial charge in [0.1, 0.15) is 23.1 Å². The molecule has 2 aromatic carbocycles. The monoisotopic (exact) mass is 286 g/mol. The van der Waals surface area contributed by atoms with Crippen LogP contribution in [0, 0.1) is 5.82 Å². The number of hydrogen-bond donors (Lipinski definition) is 1. The van der Waals surface area contributed by atoms with E-state index in [0.29, 0.717) is 17.9 Å². The van der Waals surface area contributed by atoms with Gasteiger partial charge in [-0.1, -0.05) is 0 Å². The number of fused-ring (bicyclic) bond motifs is 1. The average molecular weight is 286 g/mol. The van der Waals surface area contributed by atoms with Crippen molar-refractivity contribution >= 4 is 11.0 Å². The Hall–Kier alpha value is -2.56. The maximum atomic E-state index is 13.1. The minimum absolute atomic E-state index is 0.119. The van der Waals surface area contributed by atoms with E-state index < -0.39 is 5.82 Å². The summed E-state index contributed by atoms with van der Waals surface area (Å²) in [5.74, 6) is 0.737. The zero-order valence-electron chi connectivity index (χ0n) is 11.8. The Morgan fingerprint density at radius 1 is 1.24 bits per heavy atom. The first-order valence-electron chi connectivity index (χ1n) is 6.67. The lowest BCUT2D eigenvalue weighted by molar-refractivity contribution is 0.415. The van der Waals surface area contributed by atoms with Gasteiger partial charge in [-0.2, -0.15) is 0 Å². The molecule has 0 unspecified atom stereocenters. The maximum absolute atomic E-state index is 13.1. The van der Waals surface area contributed by atoms with E-state index in [1.165, 1.54) is 12.1 Å². The molecule has 0 fully saturated rings. The Bertz CT molecular complexity index is 811. The number of aromatic hydroxyl groups is 1. The standard InChI is InChI=1S/C16H15FN2O2/c1-3-19-14-7-5-11(21-2)9-13(14)18-16(19)12-6-4-10(17)8-15(12)20/h4-9,20H,3H2,1-2H3. The molecule has 3 rings (SSSR count). The van der Waals surface area contributed by atoms with Crippen molar-refractivity contribution in [2.24, 2.45) is 0 Å². The number of methoxy groups -OCH3 is 1. The molecule has 4 nitrogen and oxygen atoms in total. The Kier molecular flexibility index (Phi) is 3.25. The van der Waals surface area contributed by atoms with Crippen LogP contribution in [0.2, 0.25) is 0 Å². The summed E-state index contributed by atoms with van der Waals surface area (Å²) in [6.07, 6.45) is 0. The van der Waals surface area contributed by atoms with Gasteiger partial charge < -0.3 is 14.4 Å². The summed E-state index contributed by atoms with van der Waals surface area (Å²) >= 11 is 0. The molecule has 0 aliphatic carbocycles. The molecule has 0 aliphatic heterocycles. The first-order valence-corrected chi connectivity index (χ1v) is 6.67. The van der Waals surface area contributed by atoms with Gasteiger partial charge in [-0.15, -0.1) is 0 Å². The van der Waals surface area contributed by atoms with Gasteiger partial charge >= 0.3 is 0 Å². The number of phenols is 1. The smallest absolute Gasteiger partial charge is 0.144 e. The fourth-order valence-electron chi connectivity index (χ4n) is 2.46. The van der Waals surface area contributed by atoms with Crippen molar-refractivity contribution in [1.82, 2.24) is 9.55 Å². The molecular formula is C16H15FN2O2. The number of imidazole rings is 1. The fourth-order valence-corrected chi connectivity index (χ4v) is 2.46. The minimum Gasteiger partial charge on any atom is -0.507 e. The van der Waals surface area contributed by atoms with E-state index in [2.05, 4.69) is 4.98 Å². The maximum Gasteiger partial charge on any atom is 0.144 e. The number of halogens is 1. The number of rotatable bonds is 3. The Morgan fingerprint density at radius 3 is 2.71 bits per heavy atom. The van der Waals surface area contributed by atoms with Crippen molar-refractivity contribution < 1.29 is 14.2 Å². The zero-order chi connectivity index (χ0) is 15.0. The summed E-state index contributed by atoms with van der Waals surface area (Å²) in [5, 5.41) is 9.97. The Morgan fingerprint density at radius 2 is 2.05 bits per heavy atom. The van der Waals surface area contributed by atoms with Gasteiger partial charge in [0, 0.05) is 18.7 Å². The largest absolute Gasteiger partial charge is 0.507 e. The van der Waals surface area contributed by atoms with Crippen LogP contribution in [0.3, 0.4) is 0 Å². The normalized spacial score (nSPS) is 11.0. The SMILES string of the molecule is CCn1c(-c2ccc(F)cc2O)nc2cc(OC)ccc21. The third-order valence-corrected chi connectivity index (χ3v) is 3.47. The highest BCUT2D eigenvalue weighted by Crippen LogP contribution is 2.32. The molecule has 0 saturated carbocycles. The molecule has 21 heavy (non-hydrogen) atoms. The average Bonchev–Trinajstić information content (AvgIpc) is 2.84. The van der Waals surface area contributed by atoms with Crippen LogP contribution in [0.25, 0.3) is 22.4 Å². The topological polar surface area (TPSA) is 47.3 Å². The third kappa shape index (κ3) is 2.20. The predicted octanol–water partition coefficient (Wildman–Crippen LogP) is 3.58. The van der Waals surface area contributed by atoms with Crippen LogP contribution >= 0.6 is 0 Å². The van der Waals surface area contributed by atoms with E-state index in [1.54, 1.807) is 7.11 Å². The summed E-state index contributed by atoms with van der Waals surface area (Å²) in [6, 6.07) is 9.57. The number of aryl methyl sites for hydroxylation is 1. The van der Waals surface area contributed by atoms with E-state index in [4.69, 9.17) is 4.74 Å².